The molecule has 2 unspecified atom stereocenters. The molecule has 2 aromatic carbocycles. The lowest BCUT2D eigenvalue weighted by Gasteiger charge is -2.24. The van der Waals surface area contributed by atoms with Gasteiger partial charge < -0.3 is 20.7 Å². The van der Waals surface area contributed by atoms with Crippen LogP contribution in [0.3, 0.4) is 0 Å². The second-order valence-corrected chi connectivity index (χ2v) is 7.39. The molecular formula is C22H25N3O3. The summed E-state index contributed by atoms with van der Waals surface area (Å²) in [7, 11) is 0. The monoisotopic (exact) mass is 379 g/mol. The maximum atomic E-state index is 12.4. The number of benzene rings is 2. The molecule has 2 atom stereocenters. The Balaban J connectivity index is 1.47. The molecule has 1 fully saturated rings. The van der Waals surface area contributed by atoms with Gasteiger partial charge in [0.05, 0.1) is 12.1 Å². The molecule has 1 saturated heterocycles. The van der Waals surface area contributed by atoms with Crippen molar-refractivity contribution in [1.29, 1.82) is 0 Å². The van der Waals surface area contributed by atoms with Crippen LogP contribution in [-0.4, -0.2) is 36.1 Å². The molecule has 0 aromatic heterocycles. The Hall–Kier alpha value is -2.86. The van der Waals surface area contributed by atoms with Crippen molar-refractivity contribution in [3.63, 3.8) is 0 Å². The Morgan fingerprint density at radius 1 is 1.11 bits per heavy atom. The predicted octanol–water partition coefficient (Wildman–Crippen LogP) is 2.97. The molecule has 3 N–H and O–H groups in total. The number of hydrogen-bond donors (Lipinski definition) is 2. The number of nitrogens with zero attached hydrogens (tertiary/aromatic N) is 1. The normalized spacial score (nSPS) is 21.2. The summed E-state index contributed by atoms with van der Waals surface area (Å²) < 4.78 is 5.65. The van der Waals surface area contributed by atoms with Crippen molar-refractivity contribution in [2.45, 2.75) is 38.0 Å². The quantitative estimate of drug-likeness (QED) is 0.856. The summed E-state index contributed by atoms with van der Waals surface area (Å²) in [6, 6.07) is 14.7. The van der Waals surface area contributed by atoms with Crippen LogP contribution in [0.2, 0.25) is 0 Å². The van der Waals surface area contributed by atoms with Crippen LogP contribution in [0.5, 0.6) is 0 Å². The number of carbonyl (C=O) groups excluding carboxylic acids is 2. The van der Waals surface area contributed by atoms with Crippen molar-refractivity contribution >= 4 is 11.9 Å². The number of ether oxygens (including phenoxy) is 1. The van der Waals surface area contributed by atoms with Gasteiger partial charge in [-0.15, -0.1) is 0 Å². The van der Waals surface area contributed by atoms with Gasteiger partial charge in [-0.3, -0.25) is 4.79 Å². The third-order valence-electron chi connectivity index (χ3n) is 5.54. The maximum absolute atomic E-state index is 12.4. The van der Waals surface area contributed by atoms with Crippen molar-refractivity contribution in [1.82, 2.24) is 10.2 Å². The van der Waals surface area contributed by atoms with Gasteiger partial charge in [0.15, 0.2) is 0 Å². The molecule has 3 amide bonds. The van der Waals surface area contributed by atoms with E-state index in [1.807, 2.05) is 36.4 Å². The number of fused-ring (bicyclic) bond motifs is 1. The Labute approximate surface area is 164 Å². The molecule has 0 radical (unpaired) electrons. The van der Waals surface area contributed by atoms with E-state index in [1.54, 1.807) is 17.0 Å². The first-order valence-electron chi connectivity index (χ1n) is 9.77. The minimum atomic E-state index is -0.449. The van der Waals surface area contributed by atoms with E-state index in [-0.39, 0.29) is 18.1 Å². The second kappa shape index (κ2) is 8.02. The fraction of sp³-hybridized carbons (Fsp3) is 0.364. The van der Waals surface area contributed by atoms with E-state index >= 15 is 0 Å². The Bertz CT molecular complexity index is 860. The third-order valence-corrected chi connectivity index (χ3v) is 5.54. The number of nitrogens with two attached hydrogens (primary N) is 1. The van der Waals surface area contributed by atoms with E-state index in [1.165, 1.54) is 0 Å². The summed E-state index contributed by atoms with van der Waals surface area (Å²) >= 11 is 0. The maximum Gasteiger partial charge on any atom is 0.315 e. The molecule has 2 aliphatic heterocycles. The van der Waals surface area contributed by atoms with Crippen LogP contribution >= 0.6 is 0 Å². The molecule has 4 rings (SSSR count). The topological polar surface area (TPSA) is 84.7 Å². The molecule has 2 aromatic rings. The third kappa shape index (κ3) is 3.73. The van der Waals surface area contributed by atoms with E-state index in [9.17, 15) is 9.59 Å². The fourth-order valence-corrected chi connectivity index (χ4v) is 4.05. The summed E-state index contributed by atoms with van der Waals surface area (Å²) in [6.45, 7) is 1.81. The first-order valence-corrected chi connectivity index (χ1v) is 9.77. The average molecular weight is 379 g/mol. The number of rotatable bonds is 4. The van der Waals surface area contributed by atoms with Gasteiger partial charge in [-0.1, -0.05) is 36.4 Å². The number of amides is 3. The highest BCUT2D eigenvalue weighted by molar-refractivity contribution is 5.94. The molecule has 0 bridgehead atoms. The molecule has 0 spiro atoms. The van der Waals surface area contributed by atoms with Gasteiger partial charge in [0.2, 0.25) is 0 Å². The van der Waals surface area contributed by atoms with E-state index in [4.69, 9.17) is 10.5 Å². The summed E-state index contributed by atoms with van der Waals surface area (Å²) in [5.74, 6) is -0.112. The number of primary amides is 1. The summed E-state index contributed by atoms with van der Waals surface area (Å²) in [5.41, 5.74) is 9.31. The minimum absolute atomic E-state index is 0.107. The fourth-order valence-electron chi connectivity index (χ4n) is 4.05. The zero-order valence-corrected chi connectivity index (χ0v) is 15.8. The average Bonchev–Trinajstić information content (AvgIpc) is 3.13. The van der Waals surface area contributed by atoms with Crippen molar-refractivity contribution in [3.05, 3.63) is 70.8 Å². The van der Waals surface area contributed by atoms with Gasteiger partial charge >= 0.3 is 6.03 Å². The molecule has 2 heterocycles. The van der Waals surface area contributed by atoms with Crippen LogP contribution in [0.1, 0.15) is 52.4 Å². The lowest BCUT2D eigenvalue weighted by Crippen LogP contribution is -2.35. The van der Waals surface area contributed by atoms with E-state index in [0.717, 1.165) is 42.6 Å². The molecular weight excluding hydrogens is 354 g/mol. The van der Waals surface area contributed by atoms with Crippen molar-refractivity contribution in [3.8, 4) is 0 Å². The zero-order chi connectivity index (χ0) is 19.5. The highest BCUT2D eigenvalue weighted by Crippen LogP contribution is 2.38. The van der Waals surface area contributed by atoms with E-state index in [0.29, 0.717) is 18.7 Å². The van der Waals surface area contributed by atoms with Crippen LogP contribution in [0, 0.1) is 0 Å². The van der Waals surface area contributed by atoms with Crippen molar-refractivity contribution in [2.75, 3.05) is 13.2 Å². The number of urea groups is 1. The first kappa shape index (κ1) is 18.5. The SMILES string of the molecule is NC(=O)N1Cc2ccccc2C1c1ccc(C(=O)NCC2CCCCO2)cc1. The first-order chi connectivity index (χ1) is 13.6. The second-order valence-electron chi connectivity index (χ2n) is 7.39. The molecule has 28 heavy (non-hydrogen) atoms. The van der Waals surface area contributed by atoms with Gasteiger partial charge in [0.25, 0.3) is 5.91 Å². The molecule has 0 aliphatic carbocycles. The van der Waals surface area contributed by atoms with Gasteiger partial charge in [0, 0.05) is 25.3 Å². The van der Waals surface area contributed by atoms with Crippen LogP contribution < -0.4 is 11.1 Å². The lowest BCUT2D eigenvalue weighted by molar-refractivity contribution is 0.0169. The molecule has 146 valence electrons. The van der Waals surface area contributed by atoms with Crippen molar-refractivity contribution in [2.24, 2.45) is 5.73 Å². The largest absolute Gasteiger partial charge is 0.376 e. The summed E-state index contributed by atoms with van der Waals surface area (Å²) in [6.07, 6.45) is 3.34. The smallest absolute Gasteiger partial charge is 0.315 e. The molecule has 2 aliphatic rings. The zero-order valence-electron chi connectivity index (χ0n) is 15.8. The van der Waals surface area contributed by atoms with Crippen LogP contribution in [0.15, 0.2) is 48.5 Å². The van der Waals surface area contributed by atoms with Crippen LogP contribution in [-0.2, 0) is 11.3 Å². The van der Waals surface area contributed by atoms with E-state index < -0.39 is 6.03 Å². The van der Waals surface area contributed by atoms with Gasteiger partial charge in [-0.2, -0.15) is 0 Å². The van der Waals surface area contributed by atoms with Crippen LogP contribution in [0.25, 0.3) is 0 Å². The van der Waals surface area contributed by atoms with Gasteiger partial charge in [0.1, 0.15) is 0 Å². The standard InChI is InChI=1S/C22H25N3O3/c23-22(27)25-14-17-5-1-2-7-19(17)20(25)15-8-10-16(11-9-15)21(26)24-13-18-6-3-4-12-28-18/h1-2,5,7-11,18,20H,3-4,6,12-14H2,(H2,23,27)(H,24,26). The molecule has 6 nitrogen and oxygen atoms in total. The van der Waals surface area contributed by atoms with Crippen LogP contribution in [0.4, 0.5) is 4.79 Å². The Morgan fingerprint density at radius 3 is 2.61 bits per heavy atom. The van der Waals surface area contributed by atoms with E-state index in [2.05, 4.69) is 5.32 Å². The summed E-state index contributed by atoms with van der Waals surface area (Å²) in [4.78, 5) is 26.0. The number of carbonyl (C=O) groups is 2. The molecule has 0 saturated carbocycles. The van der Waals surface area contributed by atoms with Crippen molar-refractivity contribution < 1.29 is 14.3 Å². The highest BCUT2D eigenvalue weighted by atomic mass is 16.5. The highest BCUT2D eigenvalue weighted by Gasteiger charge is 2.33. The summed E-state index contributed by atoms with van der Waals surface area (Å²) in [5, 5.41) is 2.95. The number of nitrogens with one attached hydrogen (secondary N) is 1. The minimum Gasteiger partial charge on any atom is -0.376 e. The Morgan fingerprint density at radius 2 is 1.89 bits per heavy atom. The predicted molar refractivity (Wildman–Crippen MR) is 106 cm³/mol. The number of hydrogen-bond acceptors (Lipinski definition) is 3. The van der Waals surface area contributed by atoms with Gasteiger partial charge in [-0.05, 0) is 48.1 Å². The Kier molecular flexibility index (Phi) is 5.30. The molecule has 6 heteroatoms. The lowest BCUT2D eigenvalue weighted by atomic mass is 9.97. The van der Waals surface area contributed by atoms with Gasteiger partial charge in [-0.25, -0.2) is 4.79 Å².